The summed E-state index contributed by atoms with van der Waals surface area (Å²) < 4.78 is 5.11. The van der Waals surface area contributed by atoms with Crippen LogP contribution in [0.3, 0.4) is 0 Å². The third-order valence-corrected chi connectivity index (χ3v) is 2.55. The summed E-state index contributed by atoms with van der Waals surface area (Å²) in [5, 5.41) is 14.5. The van der Waals surface area contributed by atoms with Crippen molar-refractivity contribution in [2.75, 3.05) is 0 Å². The lowest BCUT2D eigenvalue weighted by Crippen LogP contribution is -2.25. The molecule has 0 saturated heterocycles. The molecule has 4 N–H and O–H groups in total. The Labute approximate surface area is 113 Å². The number of phenolic OH excluding ortho intramolecular Hbond substituents is 1. The van der Waals surface area contributed by atoms with Crippen LogP contribution >= 0.6 is 12.2 Å². The minimum atomic E-state index is -0.505. The topological polar surface area (TPSA) is 101 Å². The zero-order valence-electron chi connectivity index (χ0n) is 10.0. The molecule has 0 aliphatic heterocycles. The van der Waals surface area contributed by atoms with Crippen LogP contribution in [-0.2, 0) is 0 Å². The van der Waals surface area contributed by atoms with E-state index in [2.05, 4.69) is 22.7 Å². The van der Waals surface area contributed by atoms with Crippen LogP contribution in [0.4, 0.5) is 0 Å². The van der Waals surface area contributed by atoms with E-state index in [4.69, 9.17) is 10.2 Å². The van der Waals surface area contributed by atoms with Gasteiger partial charge in [-0.3, -0.25) is 5.43 Å². The number of phenols is 1. The van der Waals surface area contributed by atoms with Gasteiger partial charge in [0.05, 0.1) is 11.3 Å². The first-order valence-corrected chi connectivity index (χ1v) is 5.76. The lowest BCUT2D eigenvalue weighted by Gasteiger charge is -2.07. The van der Waals surface area contributed by atoms with Crippen molar-refractivity contribution in [3.8, 4) is 5.75 Å². The van der Waals surface area contributed by atoms with E-state index in [9.17, 15) is 9.90 Å². The lowest BCUT2D eigenvalue weighted by atomic mass is 10.1. The van der Waals surface area contributed by atoms with Crippen molar-refractivity contribution >= 4 is 34.0 Å². The van der Waals surface area contributed by atoms with Gasteiger partial charge in [-0.05, 0) is 37.3 Å². The number of rotatable bonds is 2. The third-order valence-electron chi connectivity index (χ3n) is 2.46. The molecular weight excluding hydrogens is 266 g/mol. The number of benzene rings is 1. The summed E-state index contributed by atoms with van der Waals surface area (Å²) in [4.78, 5) is 11.3. The van der Waals surface area contributed by atoms with Gasteiger partial charge in [0.1, 0.15) is 5.75 Å². The molecule has 0 spiro atoms. The van der Waals surface area contributed by atoms with Crippen molar-refractivity contribution < 1.29 is 9.52 Å². The van der Waals surface area contributed by atoms with Crippen LogP contribution in [0.2, 0.25) is 0 Å². The van der Waals surface area contributed by atoms with E-state index in [0.717, 1.165) is 0 Å². The number of hydrazone groups is 1. The fraction of sp³-hybridized carbons (Fsp3) is 0.0833. The van der Waals surface area contributed by atoms with E-state index in [1.54, 1.807) is 19.1 Å². The van der Waals surface area contributed by atoms with Gasteiger partial charge in [-0.1, -0.05) is 0 Å². The zero-order chi connectivity index (χ0) is 14.0. The molecule has 0 amide bonds. The van der Waals surface area contributed by atoms with E-state index in [-0.39, 0.29) is 16.4 Å². The number of fused-ring (bicyclic) bond motifs is 1. The summed E-state index contributed by atoms with van der Waals surface area (Å²) in [6, 6.07) is 6.06. The summed E-state index contributed by atoms with van der Waals surface area (Å²) in [7, 11) is 0. The second kappa shape index (κ2) is 5.07. The summed E-state index contributed by atoms with van der Waals surface area (Å²) in [6.07, 6.45) is 0. The zero-order valence-corrected chi connectivity index (χ0v) is 10.8. The Hall–Kier alpha value is -2.41. The lowest BCUT2D eigenvalue weighted by molar-refractivity contribution is 0.471. The van der Waals surface area contributed by atoms with Gasteiger partial charge >= 0.3 is 5.63 Å². The molecule has 0 fully saturated rings. The molecule has 6 nitrogen and oxygen atoms in total. The molecule has 98 valence electrons. The highest BCUT2D eigenvalue weighted by Crippen LogP contribution is 2.26. The molecule has 0 radical (unpaired) electrons. The fourth-order valence-corrected chi connectivity index (χ4v) is 1.71. The molecule has 0 aliphatic carbocycles. The van der Waals surface area contributed by atoms with Gasteiger partial charge in [0.15, 0.2) is 10.7 Å². The average Bonchev–Trinajstić information content (AvgIpc) is 2.35. The first-order valence-electron chi connectivity index (χ1n) is 5.35. The maximum Gasteiger partial charge on any atom is 0.336 e. The fourth-order valence-electron chi connectivity index (χ4n) is 1.67. The summed E-state index contributed by atoms with van der Waals surface area (Å²) in [6.45, 7) is 1.63. The Morgan fingerprint density at radius 3 is 2.79 bits per heavy atom. The summed E-state index contributed by atoms with van der Waals surface area (Å²) in [5.74, 6) is -0.0483. The van der Waals surface area contributed by atoms with Crippen molar-refractivity contribution in [1.82, 2.24) is 5.43 Å². The average molecular weight is 277 g/mol. The molecule has 1 heterocycles. The molecule has 0 aliphatic rings. The predicted octanol–water partition coefficient (Wildman–Crippen LogP) is 1.06. The van der Waals surface area contributed by atoms with Crippen molar-refractivity contribution in [2.45, 2.75) is 6.92 Å². The molecule has 2 aromatic rings. The first-order chi connectivity index (χ1) is 8.99. The Balaban J connectivity index is 2.67. The van der Waals surface area contributed by atoms with Gasteiger partial charge in [-0.15, -0.1) is 0 Å². The van der Waals surface area contributed by atoms with Gasteiger partial charge in [0.25, 0.3) is 0 Å². The largest absolute Gasteiger partial charge is 0.507 e. The van der Waals surface area contributed by atoms with E-state index in [1.807, 2.05) is 0 Å². The highest BCUT2D eigenvalue weighted by Gasteiger charge is 2.13. The predicted molar refractivity (Wildman–Crippen MR) is 76.3 cm³/mol. The van der Waals surface area contributed by atoms with Crippen molar-refractivity contribution in [2.24, 2.45) is 10.8 Å². The molecule has 0 atom stereocenters. The maximum atomic E-state index is 11.3. The van der Waals surface area contributed by atoms with Crippen LogP contribution in [0.15, 0.2) is 38.6 Å². The van der Waals surface area contributed by atoms with Gasteiger partial charge < -0.3 is 15.3 Å². The summed E-state index contributed by atoms with van der Waals surface area (Å²) >= 11 is 4.64. The second-order valence-electron chi connectivity index (χ2n) is 3.81. The number of nitrogens with one attached hydrogen (secondary N) is 1. The molecule has 1 aromatic heterocycles. The number of hydrogen-bond acceptors (Lipinski definition) is 5. The monoisotopic (exact) mass is 277 g/mol. The minimum absolute atomic E-state index is 0.000490. The van der Waals surface area contributed by atoms with E-state index >= 15 is 0 Å². The van der Waals surface area contributed by atoms with Crippen LogP contribution in [0.5, 0.6) is 5.75 Å². The van der Waals surface area contributed by atoms with Crippen molar-refractivity contribution in [1.29, 1.82) is 0 Å². The molecule has 2 rings (SSSR count). The normalized spacial score (nSPS) is 11.5. The molecule has 0 saturated carbocycles. The van der Waals surface area contributed by atoms with Gasteiger partial charge in [0, 0.05) is 11.5 Å². The Bertz CT molecular complexity index is 737. The quantitative estimate of drug-likeness (QED) is 0.328. The van der Waals surface area contributed by atoms with E-state index < -0.39 is 5.63 Å². The molecule has 1 aromatic carbocycles. The standard InChI is InChI=1S/C12H11N3O3S/c1-6(14-15-12(13)19)10-8(16)4-2-7-3-5-9(17)18-11(7)10/h2-5,16H,1H3,(H3,13,15,19). The molecular formula is C12H11N3O3S. The number of hydrogen-bond donors (Lipinski definition) is 3. The van der Waals surface area contributed by atoms with Crippen molar-refractivity contribution in [3.05, 3.63) is 40.2 Å². The van der Waals surface area contributed by atoms with Gasteiger partial charge in [-0.25, -0.2) is 4.79 Å². The van der Waals surface area contributed by atoms with E-state index in [1.165, 1.54) is 12.1 Å². The van der Waals surface area contributed by atoms with Crippen molar-refractivity contribution in [3.63, 3.8) is 0 Å². The second-order valence-corrected chi connectivity index (χ2v) is 4.25. The number of nitrogens with two attached hydrogens (primary N) is 1. The minimum Gasteiger partial charge on any atom is -0.507 e. The number of thiocarbonyl (C=S) groups is 1. The van der Waals surface area contributed by atoms with Crippen LogP contribution in [-0.4, -0.2) is 15.9 Å². The number of aromatic hydroxyl groups is 1. The SMILES string of the molecule is CC(=NNC(N)=S)c1c(O)ccc2ccc(=O)oc12. The molecule has 7 heteroatoms. The first kappa shape index (κ1) is 13.0. The van der Waals surface area contributed by atoms with Crippen LogP contribution in [0.25, 0.3) is 11.0 Å². The highest BCUT2D eigenvalue weighted by molar-refractivity contribution is 7.80. The van der Waals surface area contributed by atoms with E-state index in [0.29, 0.717) is 16.7 Å². The van der Waals surface area contributed by atoms with Gasteiger partial charge in [-0.2, -0.15) is 5.10 Å². The van der Waals surface area contributed by atoms with Gasteiger partial charge in [0.2, 0.25) is 0 Å². The Morgan fingerprint density at radius 1 is 1.42 bits per heavy atom. The highest BCUT2D eigenvalue weighted by atomic mass is 32.1. The number of nitrogens with zero attached hydrogens (tertiary/aromatic N) is 1. The Kier molecular flexibility index (Phi) is 3.48. The maximum absolute atomic E-state index is 11.3. The molecule has 0 bridgehead atoms. The molecule has 0 unspecified atom stereocenters. The van der Waals surface area contributed by atoms with Crippen LogP contribution < -0.4 is 16.8 Å². The summed E-state index contributed by atoms with van der Waals surface area (Å²) in [5.41, 5.74) is 8.16. The van der Waals surface area contributed by atoms with Crippen LogP contribution in [0, 0.1) is 0 Å². The molecule has 19 heavy (non-hydrogen) atoms. The smallest absolute Gasteiger partial charge is 0.336 e. The van der Waals surface area contributed by atoms with Crippen LogP contribution in [0.1, 0.15) is 12.5 Å². The Morgan fingerprint density at radius 2 is 2.11 bits per heavy atom. The third kappa shape index (κ3) is 2.71.